The Bertz CT molecular complexity index is 491. The number of rotatable bonds is 12. The molecular formula is C22H34BN. The maximum absolute atomic E-state index is 5.99. The SMILES string of the molecule is [B]C(C)CC(CCC(C)C#C)CNCC(=C)/C(C)=C/C(C)=C\C=C. The largest absolute Gasteiger partial charge is 0.312 e. The molecule has 0 aliphatic heterocycles. The minimum absolute atomic E-state index is 0.217. The van der Waals surface area contributed by atoms with Gasteiger partial charge in [0.1, 0.15) is 0 Å². The smallest absolute Gasteiger partial charge is 0.0695 e. The van der Waals surface area contributed by atoms with E-state index in [0.717, 1.165) is 37.9 Å². The Balaban J connectivity index is 4.44. The van der Waals surface area contributed by atoms with Crippen molar-refractivity contribution in [3.8, 4) is 12.3 Å². The molecule has 0 aromatic carbocycles. The molecule has 1 N–H and O–H groups in total. The lowest BCUT2D eigenvalue weighted by molar-refractivity contribution is 0.394. The predicted octanol–water partition coefficient (Wildman–Crippen LogP) is 5.24. The molecule has 1 nitrogen and oxygen atoms in total. The van der Waals surface area contributed by atoms with E-state index in [1.807, 2.05) is 6.08 Å². The molecule has 2 radical (unpaired) electrons. The van der Waals surface area contributed by atoms with Crippen molar-refractivity contribution in [3.63, 3.8) is 0 Å². The zero-order valence-corrected chi connectivity index (χ0v) is 16.1. The summed E-state index contributed by atoms with van der Waals surface area (Å²) in [6, 6.07) is 0. The summed E-state index contributed by atoms with van der Waals surface area (Å²) in [6.07, 6.45) is 14.6. The second kappa shape index (κ2) is 12.9. The lowest BCUT2D eigenvalue weighted by Crippen LogP contribution is -2.26. The van der Waals surface area contributed by atoms with Crippen molar-refractivity contribution in [1.82, 2.24) is 5.32 Å². The summed E-state index contributed by atoms with van der Waals surface area (Å²) < 4.78 is 0. The van der Waals surface area contributed by atoms with Gasteiger partial charge in [-0.2, -0.15) is 0 Å². The van der Waals surface area contributed by atoms with Crippen LogP contribution < -0.4 is 5.32 Å². The number of hydrogen-bond acceptors (Lipinski definition) is 1. The molecule has 0 spiro atoms. The highest BCUT2D eigenvalue weighted by Crippen LogP contribution is 2.21. The fourth-order valence-corrected chi connectivity index (χ4v) is 2.64. The summed E-state index contributed by atoms with van der Waals surface area (Å²) >= 11 is 0. The molecule has 0 rings (SSSR count). The van der Waals surface area contributed by atoms with E-state index in [1.54, 1.807) is 6.08 Å². The molecule has 0 aromatic heterocycles. The second-order valence-corrected chi connectivity index (χ2v) is 6.93. The highest BCUT2D eigenvalue weighted by molar-refractivity contribution is 6.11. The third-order valence-electron chi connectivity index (χ3n) is 4.15. The summed E-state index contributed by atoms with van der Waals surface area (Å²) in [4.78, 5) is 0. The van der Waals surface area contributed by atoms with Crippen LogP contribution in [-0.4, -0.2) is 20.9 Å². The minimum Gasteiger partial charge on any atom is -0.312 e. The van der Waals surface area contributed by atoms with Crippen LogP contribution in [0, 0.1) is 24.2 Å². The van der Waals surface area contributed by atoms with Crippen LogP contribution in [0.15, 0.2) is 48.1 Å². The average molecular weight is 323 g/mol. The van der Waals surface area contributed by atoms with E-state index in [0.29, 0.717) is 11.8 Å². The van der Waals surface area contributed by atoms with Gasteiger partial charge >= 0.3 is 0 Å². The van der Waals surface area contributed by atoms with Crippen molar-refractivity contribution in [1.29, 1.82) is 0 Å². The molecule has 24 heavy (non-hydrogen) atoms. The Morgan fingerprint density at radius 1 is 1.29 bits per heavy atom. The first-order valence-corrected chi connectivity index (χ1v) is 8.88. The van der Waals surface area contributed by atoms with E-state index in [2.05, 4.69) is 58.2 Å². The molecule has 0 fully saturated rings. The molecule has 0 aromatic rings. The van der Waals surface area contributed by atoms with Crippen molar-refractivity contribution >= 4 is 7.85 Å². The summed E-state index contributed by atoms with van der Waals surface area (Å²) in [5.74, 6) is 3.91. The van der Waals surface area contributed by atoms with E-state index < -0.39 is 0 Å². The fraction of sp³-hybridized carbons (Fsp3) is 0.545. The van der Waals surface area contributed by atoms with Gasteiger partial charge in [-0.05, 0) is 50.3 Å². The first-order chi connectivity index (χ1) is 11.3. The Kier molecular flexibility index (Phi) is 12.1. The summed E-state index contributed by atoms with van der Waals surface area (Å²) in [6.45, 7) is 18.0. The van der Waals surface area contributed by atoms with Crippen LogP contribution in [0.25, 0.3) is 0 Å². The molecule has 0 heterocycles. The van der Waals surface area contributed by atoms with Gasteiger partial charge in [0.05, 0.1) is 7.85 Å². The van der Waals surface area contributed by atoms with Crippen molar-refractivity contribution in [3.05, 3.63) is 48.1 Å². The van der Waals surface area contributed by atoms with Crippen LogP contribution in [0.3, 0.4) is 0 Å². The Labute approximate surface area is 151 Å². The Morgan fingerprint density at radius 3 is 2.50 bits per heavy atom. The average Bonchev–Trinajstić information content (AvgIpc) is 2.51. The van der Waals surface area contributed by atoms with Crippen LogP contribution in [0.5, 0.6) is 0 Å². The fourth-order valence-electron chi connectivity index (χ4n) is 2.64. The van der Waals surface area contributed by atoms with E-state index >= 15 is 0 Å². The van der Waals surface area contributed by atoms with E-state index in [9.17, 15) is 0 Å². The molecule has 0 amide bonds. The first kappa shape index (κ1) is 22.5. The highest BCUT2D eigenvalue weighted by Gasteiger charge is 2.12. The predicted molar refractivity (Wildman–Crippen MR) is 110 cm³/mol. The molecule has 0 bridgehead atoms. The maximum Gasteiger partial charge on any atom is 0.0695 e. The van der Waals surface area contributed by atoms with Crippen LogP contribution in [-0.2, 0) is 0 Å². The molecule has 0 aliphatic carbocycles. The lowest BCUT2D eigenvalue weighted by atomic mass is 9.79. The zero-order valence-electron chi connectivity index (χ0n) is 16.1. The minimum atomic E-state index is 0.217. The van der Waals surface area contributed by atoms with Gasteiger partial charge < -0.3 is 5.32 Å². The van der Waals surface area contributed by atoms with Gasteiger partial charge in [0, 0.05) is 12.5 Å². The lowest BCUT2D eigenvalue weighted by Gasteiger charge is -2.21. The number of terminal acetylenes is 1. The van der Waals surface area contributed by atoms with Crippen LogP contribution in [0.1, 0.15) is 47.0 Å². The van der Waals surface area contributed by atoms with Gasteiger partial charge in [0.2, 0.25) is 0 Å². The van der Waals surface area contributed by atoms with Gasteiger partial charge in [0.15, 0.2) is 0 Å². The topological polar surface area (TPSA) is 12.0 Å². The number of nitrogens with one attached hydrogen (secondary N) is 1. The molecular weight excluding hydrogens is 289 g/mol. The monoisotopic (exact) mass is 323 g/mol. The van der Waals surface area contributed by atoms with Gasteiger partial charge in [0.25, 0.3) is 0 Å². The molecule has 2 heteroatoms. The first-order valence-electron chi connectivity index (χ1n) is 8.88. The van der Waals surface area contributed by atoms with Crippen molar-refractivity contribution in [2.75, 3.05) is 13.1 Å². The van der Waals surface area contributed by atoms with Gasteiger partial charge in [-0.1, -0.05) is 63.0 Å². The van der Waals surface area contributed by atoms with Crippen molar-refractivity contribution in [2.45, 2.75) is 52.8 Å². The zero-order chi connectivity index (χ0) is 18.5. The summed E-state index contributed by atoms with van der Waals surface area (Å²) in [5.41, 5.74) is 3.49. The normalized spacial score (nSPS) is 16.1. The van der Waals surface area contributed by atoms with E-state index in [4.69, 9.17) is 14.3 Å². The molecule has 0 saturated heterocycles. The molecule has 0 aliphatic rings. The third-order valence-corrected chi connectivity index (χ3v) is 4.15. The van der Waals surface area contributed by atoms with Gasteiger partial charge in [-0.3, -0.25) is 0 Å². The quantitative estimate of drug-likeness (QED) is 0.294. The standard InChI is InChI=1S/C22H34BN/c1-8-10-18(4)13-19(5)20(6)15-24-16-22(14-21(7)23)12-11-17(3)9-2/h2,8,10,13,17,21-22,24H,1,6,11-12,14-16H2,3-5,7H3/b18-10-,19-13+. The summed E-state index contributed by atoms with van der Waals surface area (Å²) in [7, 11) is 5.99. The summed E-state index contributed by atoms with van der Waals surface area (Å²) in [5, 5.41) is 3.53. The van der Waals surface area contributed by atoms with Crippen LogP contribution >= 0.6 is 0 Å². The van der Waals surface area contributed by atoms with Gasteiger partial charge in [-0.25, -0.2) is 0 Å². The van der Waals surface area contributed by atoms with Gasteiger partial charge in [-0.15, -0.1) is 12.3 Å². The maximum atomic E-state index is 5.99. The number of allylic oxidation sites excluding steroid dienone is 4. The van der Waals surface area contributed by atoms with Crippen molar-refractivity contribution < 1.29 is 0 Å². The number of hydrogen-bond donors (Lipinski definition) is 1. The van der Waals surface area contributed by atoms with Crippen LogP contribution in [0.4, 0.5) is 0 Å². The van der Waals surface area contributed by atoms with E-state index in [1.165, 1.54) is 11.1 Å². The molecule has 0 saturated carbocycles. The second-order valence-electron chi connectivity index (χ2n) is 6.93. The Hall–Kier alpha value is -1.46. The van der Waals surface area contributed by atoms with Crippen molar-refractivity contribution in [2.24, 2.45) is 11.8 Å². The molecule has 3 atom stereocenters. The molecule has 3 unspecified atom stereocenters. The van der Waals surface area contributed by atoms with Crippen LogP contribution in [0.2, 0.25) is 5.82 Å². The Morgan fingerprint density at radius 2 is 1.96 bits per heavy atom. The van der Waals surface area contributed by atoms with E-state index in [-0.39, 0.29) is 5.82 Å². The molecule has 130 valence electrons. The highest BCUT2D eigenvalue weighted by atomic mass is 14.9. The third kappa shape index (κ3) is 11.1.